The Balaban J connectivity index is 2.23. The molecule has 3 rings (SSSR count). The van der Waals surface area contributed by atoms with Crippen LogP contribution < -0.4 is 5.73 Å². The second kappa shape index (κ2) is 5.11. The van der Waals surface area contributed by atoms with Crippen LogP contribution in [0.25, 0.3) is 10.8 Å². The fourth-order valence-corrected chi connectivity index (χ4v) is 4.38. The van der Waals surface area contributed by atoms with Gasteiger partial charge in [0.25, 0.3) is 0 Å². The molecule has 0 saturated carbocycles. The lowest BCUT2D eigenvalue weighted by Crippen LogP contribution is -2.32. The van der Waals surface area contributed by atoms with Crippen molar-refractivity contribution in [1.29, 1.82) is 0 Å². The highest BCUT2D eigenvalue weighted by atomic mass is 32.2. The Labute approximate surface area is 123 Å². The Morgan fingerprint density at radius 1 is 1.38 bits per heavy atom. The first-order chi connectivity index (χ1) is 10.0. The van der Waals surface area contributed by atoms with Crippen LogP contribution in [0.4, 0.5) is 0 Å². The van der Waals surface area contributed by atoms with E-state index in [4.69, 9.17) is 12.2 Å². The number of benzene rings is 1. The first-order valence-corrected chi connectivity index (χ1v) is 8.07. The van der Waals surface area contributed by atoms with Crippen molar-refractivity contribution in [3.8, 4) is 12.3 Å². The van der Waals surface area contributed by atoms with Crippen molar-refractivity contribution < 1.29 is 8.42 Å². The SMILES string of the molecule is C#Cc1cncc2cccc(S(=O)(=O)N3CC[C@H](N)C3)c12. The van der Waals surface area contributed by atoms with Crippen molar-refractivity contribution in [2.75, 3.05) is 13.1 Å². The molecule has 5 nitrogen and oxygen atoms in total. The number of sulfonamides is 1. The molecule has 1 aliphatic rings. The molecule has 0 amide bonds. The van der Waals surface area contributed by atoms with Gasteiger partial charge in [0.15, 0.2) is 0 Å². The maximum absolute atomic E-state index is 12.8. The molecule has 1 aliphatic heterocycles. The van der Waals surface area contributed by atoms with Gasteiger partial charge in [0.2, 0.25) is 10.0 Å². The number of terminal acetylenes is 1. The molecule has 2 heterocycles. The molecule has 0 aliphatic carbocycles. The Bertz CT molecular complexity index is 834. The van der Waals surface area contributed by atoms with E-state index >= 15 is 0 Å². The van der Waals surface area contributed by atoms with Gasteiger partial charge in [0, 0.05) is 42.3 Å². The second-order valence-corrected chi connectivity index (χ2v) is 7.00. The van der Waals surface area contributed by atoms with Gasteiger partial charge < -0.3 is 5.73 Å². The largest absolute Gasteiger partial charge is 0.326 e. The molecule has 1 aromatic carbocycles. The molecule has 1 saturated heterocycles. The van der Waals surface area contributed by atoms with E-state index in [2.05, 4.69) is 10.9 Å². The van der Waals surface area contributed by atoms with Gasteiger partial charge in [-0.2, -0.15) is 4.31 Å². The van der Waals surface area contributed by atoms with Crippen LogP contribution in [0, 0.1) is 12.3 Å². The summed E-state index contributed by atoms with van der Waals surface area (Å²) in [5.74, 6) is 2.51. The number of fused-ring (bicyclic) bond motifs is 1. The minimum absolute atomic E-state index is 0.108. The highest BCUT2D eigenvalue weighted by molar-refractivity contribution is 7.89. The van der Waals surface area contributed by atoms with Gasteiger partial charge in [-0.1, -0.05) is 18.1 Å². The second-order valence-electron chi connectivity index (χ2n) is 5.10. The van der Waals surface area contributed by atoms with E-state index in [9.17, 15) is 8.42 Å². The highest BCUT2D eigenvalue weighted by Gasteiger charge is 2.32. The predicted molar refractivity (Wildman–Crippen MR) is 81.0 cm³/mol. The number of hydrogen-bond donors (Lipinski definition) is 1. The maximum atomic E-state index is 12.8. The fraction of sp³-hybridized carbons (Fsp3) is 0.267. The molecule has 6 heteroatoms. The summed E-state index contributed by atoms with van der Waals surface area (Å²) in [5, 5.41) is 1.27. The summed E-state index contributed by atoms with van der Waals surface area (Å²) in [4.78, 5) is 4.27. The molecular weight excluding hydrogens is 286 g/mol. The van der Waals surface area contributed by atoms with Crippen LogP contribution >= 0.6 is 0 Å². The normalized spacial score (nSPS) is 19.7. The summed E-state index contributed by atoms with van der Waals surface area (Å²) in [5.41, 5.74) is 6.30. The molecule has 1 atom stereocenters. The van der Waals surface area contributed by atoms with Gasteiger partial charge in [0.05, 0.1) is 10.5 Å². The molecule has 0 unspecified atom stereocenters. The van der Waals surface area contributed by atoms with Crippen LogP contribution in [0.15, 0.2) is 35.5 Å². The molecule has 0 spiro atoms. The number of pyridine rings is 1. The molecule has 108 valence electrons. The van der Waals surface area contributed by atoms with Crippen molar-refractivity contribution in [2.24, 2.45) is 5.73 Å². The number of nitrogens with two attached hydrogens (primary N) is 1. The highest BCUT2D eigenvalue weighted by Crippen LogP contribution is 2.29. The van der Waals surface area contributed by atoms with Crippen LogP contribution in [-0.2, 0) is 10.0 Å². The topological polar surface area (TPSA) is 76.3 Å². The van der Waals surface area contributed by atoms with Crippen LogP contribution in [0.3, 0.4) is 0 Å². The van der Waals surface area contributed by atoms with E-state index in [1.165, 1.54) is 10.5 Å². The zero-order valence-electron chi connectivity index (χ0n) is 11.4. The van der Waals surface area contributed by atoms with Gasteiger partial charge in [-0.25, -0.2) is 8.42 Å². The maximum Gasteiger partial charge on any atom is 0.243 e. The number of hydrogen-bond acceptors (Lipinski definition) is 4. The van der Waals surface area contributed by atoms with Gasteiger partial charge in [0.1, 0.15) is 0 Å². The first kappa shape index (κ1) is 14.0. The molecule has 21 heavy (non-hydrogen) atoms. The Hall–Kier alpha value is -1.94. The standard InChI is InChI=1S/C15H15N3O2S/c1-2-11-8-17-9-12-4-3-5-14(15(11)12)21(19,20)18-7-6-13(16)10-18/h1,3-5,8-9,13H,6-7,10,16H2/t13-/m0/s1. The summed E-state index contributed by atoms with van der Waals surface area (Å²) in [6.45, 7) is 0.783. The zero-order chi connectivity index (χ0) is 15.0. The third kappa shape index (κ3) is 2.29. The molecule has 0 radical (unpaired) electrons. The third-order valence-electron chi connectivity index (χ3n) is 3.71. The number of nitrogens with zero attached hydrogens (tertiary/aromatic N) is 2. The molecule has 2 N–H and O–H groups in total. The van der Waals surface area contributed by atoms with E-state index in [0.29, 0.717) is 30.5 Å². The fourth-order valence-electron chi connectivity index (χ4n) is 2.64. The summed E-state index contributed by atoms with van der Waals surface area (Å²) in [6, 6.07) is 4.98. The zero-order valence-corrected chi connectivity index (χ0v) is 12.2. The van der Waals surface area contributed by atoms with E-state index in [0.717, 1.165) is 5.39 Å². The molecule has 2 aromatic rings. The number of aromatic nitrogens is 1. The van der Waals surface area contributed by atoms with Gasteiger partial charge in [-0.05, 0) is 12.5 Å². The van der Waals surface area contributed by atoms with Crippen LogP contribution in [0.2, 0.25) is 0 Å². The molecule has 1 aromatic heterocycles. The van der Waals surface area contributed by atoms with Gasteiger partial charge in [-0.15, -0.1) is 6.42 Å². The smallest absolute Gasteiger partial charge is 0.243 e. The average molecular weight is 301 g/mol. The van der Waals surface area contributed by atoms with Crippen molar-refractivity contribution in [3.63, 3.8) is 0 Å². The van der Waals surface area contributed by atoms with E-state index in [1.54, 1.807) is 24.4 Å². The summed E-state index contributed by atoms with van der Waals surface area (Å²) in [7, 11) is -3.60. The van der Waals surface area contributed by atoms with Crippen LogP contribution in [0.1, 0.15) is 12.0 Å². The molecule has 0 bridgehead atoms. The van der Waals surface area contributed by atoms with E-state index in [-0.39, 0.29) is 10.9 Å². The van der Waals surface area contributed by atoms with Crippen LogP contribution in [0.5, 0.6) is 0 Å². The summed E-state index contributed by atoms with van der Waals surface area (Å²) < 4.78 is 27.1. The van der Waals surface area contributed by atoms with Gasteiger partial charge in [-0.3, -0.25) is 4.98 Å². The van der Waals surface area contributed by atoms with Crippen molar-refractivity contribution in [3.05, 3.63) is 36.2 Å². The average Bonchev–Trinajstić information content (AvgIpc) is 2.93. The van der Waals surface area contributed by atoms with Crippen molar-refractivity contribution >= 4 is 20.8 Å². The third-order valence-corrected chi connectivity index (χ3v) is 5.61. The number of rotatable bonds is 2. The molecular formula is C15H15N3O2S. The van der Waals surface area contributed by atoms with Crippen molar-refractivity contribution in [1.82, 2.24) is 9.29 Å². The quantitative estimate of drug-likeness (QED) is 0.838. The minimum atomic E-state index is -3.60. The Morgan fingerprint density at radius 2 is 2.19 bits per heavy atom. The van der Waals surface area contributed by atoms with Gasteiger partial charge >= 0.3 is 0 Å². The van der Waals surface area contributed by atoms with Crippen LogP contribution in [-0.4, -0.2) is 36.8 Å². The monoisotopic (exact) mass is 301 g/mol. The summed E-state index contributed by atoms with van der Waals surface area (Å²) >= 11 is 0. The predicted octanol–water partition coefficient (Wildman–Crippen LogP) is 0.938. The Kier molecular flexibility index (Phi) is 3.41. The van der Waals surface area contributed by atoms with Crippen molar-refractivity contribution in [2.45, 2.75) is 17.4 Å². The van der Waals surface area contributed by atoms with E-state index in [1.807, 2.05) is 0 Å². The summed E-state index contributed by atoms with van der Waals surface area (Å²) in [6.07, 6.45) is 9.29. The lowest BCUT2D eigenvalue weighted by atomic mass is 10.1. The molecule has 1 fully saturated rings. The lowest BCUT2D eigenvalue weighted by Gasteiger charge is -2.17. The van der Waals surface area contributed by atoms with E-state index < -0.39 is 10.0 Å². The Morgan fingerprint density at radius 3 is 2.86 bits per heavy atom. The lowest BCUT2D eigenvalue weighted by molar-refractivity contribution is 0.473. The first-order valence-electron chi connectivity index (χ1n) is 6.63. The minimum Gasteiger partial charge on any atom is -0.326 e.